The Labute approximate surface area is 127 Å². The summed E-state index contributed by atoms with van der Waals surface area (Å²) in [7, 11) is 0. The van der Waals surface area contributed by atoms with Gasteiger partial charge in [-0.1, -0.05) is 22.8 Å². The summed E-state index contributed by atoms with van der Waals surface area (Å²) < 4.78 is 24.0. The molecular weight excluding hydrogens is 295 g/mol. The molecule has 1 atom stereocenters. The second-order valence-electron chi connectivity index (χ2n) is 5.11. The number of hydrogen-bond donors (Lipinski definition) is 1. The van der Waals surface area contributed by atoms with Crippen molar-refractivity contribution in [3.8, 4) is 0 Å². The average molecular weight is 311 g/mol. The standard InChI is InChI=1S/C15H16ClFN2O2/c16-13-7-10(3-4-14(13)17)6-12-8-11(19-21-12)9-20-15-2-1-5-18-15/h3-4,7-8,15,18H,1-2,5-6,9H2. The maximum atomic E-state index is 13.1. The van der Waals surface area contributed by atoms with Gasteiger partial charge in [0.15, 0.2) is 0 Å². The van der Waals surface area contributed by atoms with Crippen LogP contribution in [0.15, 0.2) is 28.8 Å². The Balaban J connectivity index is 1.57. The van der Waals surface area contributed by atoms with E-state index in [4.69, 9.17) is 20.9 Å². The molecule has 2 aromatic rings. The van der Waals surface area contributed by atoms with Gasteiger partial charge in [0, 0.05) is 12.5 Å². The summed E-state index contributed by atoms with van der Waals surface area (Å²) in [5.41, 5.74) is 1.63. The third-order valence-electron chi connectivity index (χ3n) is 3.42. The molecule has 1 aromatic heterocycles. The lowest BCUT2D eigenvalue weighted by Gasteiger charge is -2.09. The number of nitrogens with zero attached hydrogens (tertiary/aromatic N) is 1. The second kappa shape index (κ2) is 6.56. The van der Waals surface area contributed by atoms with Gasteiger partial charge in [-0.05, 0) is 37.1 Å². The molecule has 1 N–H and O–H groups in total. The van der Waals surface area contributed by atoms with Gasteiger partial charge in [-0.15, -0.1) is 0 Å². The summed E-state index contributed by atoms with van der Waals surface area (Å²) in [4.78, 5) is 0. The van der Waals surface area contributed by atoms with E-state index < -0.39 is 5.82 Å². The molecule has 0 bridgehead atoms. The van der Waals surface area contributed by atoms with Crippen LogP contribution in [0.25, 0.3) is 0 Å². The van der Waals surface area contributed by atoms with Gasteiger partial charge in [-0.25, -0.2) is 4.39 Å². The lowest BCUT2D eigenvalue weighted by Crippen LogP contribution is -2.24. The van der Waals surface area contributed by atoms with Crippen LogP contribution >= 0.6 is 11.6 Å². The van der Waals surface area contributed by atoms with E-state index in [0.29, 0.717) is 18.8 Å². The fraction of sp³-hybridized carbons (Fsp3) is 0.400. The van der Waals surface area contributed by atoms with Crippen LogP contribution in [0.5, 0.6) is 0 Å². The van der Waals surface area contributed by atoms with Gasteiger partial charge in [0.25, 0.3) is 0 Å². The van der Waals surface area contributed by atoms with E-state index in [-0.39, 0.29) is 11.3 Å². The number of rotatable bonds is 5. The van der Waals surface area contributed by atoms with E-state index in [2.05, 4.69) is 10.5 Å². The summed E-state index contributed by atoms with van der Waals surface area (Å²) in [5.74, 6) is 0.284. The molecule has 0 spiro atoms. The lowest BCUT2D eigenvalue weighted by molar-refractivity contribution is 0.0281. The van der Waals surface area contributed by atoms with Crippen molar-refractivity contribution in [2.24, 2.45) is 0 Å². The molecule has 0 saturated carbocycles. The molecule has 6 heteroatoms. The first-order valence-electron chi connectivity index (χ1n) is 6.94. The number of hydrogen-bond acceptors (Lipinski definition) is 4. The molecule has 1 aliphatic rings. The van der Waals surface area contributed by atoms with Gasteiger partial charge in [-0.2, -0.15) is 0 Å². The Morgan fingerprint density at radius 3 is 3.10 bits per heavy atom. The van der Waals surface area contributed by atoms with Crippen molar-refractivity contribution in [3.63, 3.8) is 0 Å². The molecule has 0 aliphatic carbocycles. The van der Waals surface area contributed by atoms with Crippen molar-refractivity contribution in [2.75, 3.05) is 6.54 Å². The molecular formula is C15H16ClFN2O2. The highest BCUT2D eigenvalue weighted by Crippen LogP contribution is 2.19. The molecule has 4 nitrogen and oxygen atoms in total. The number of ether oxygens (including phenoxy) is 1. The molecule has 0 amide bonds. The normalized spacial score (nSPS) is 18.3. The van der Waals surface area contributed by atoms with Crippen LogP contribution in [-0.4, -0.2) is 17.9 Å². The zero-order valence-corrected chi connectivity index (χ0v) is 12.2. The largest absolute Gasteiger partial charge is 0.361 e. The monoisotopic (exact) mass is 310 g/mol. The highest BCUT2D eigenvalue weighted by atomic mass is 35.5. The predicted molar refractivity (Wildman–Crippen MR) is 76.5 cm³/mol. The molecule has 1 aliphatic heterocycles. The highest BCUT2D eigenvalue weighted by Gasteiger charge is 2.15. The Morgan fingerprint density at radius 1 is 1.43 bits per heavy atom. The van der Waals surface area contributed by atoms with Gasteiger partial charge in [0.05, 0.1) is 11.6 Å². The summed E-state index contributed by atoms with van der Waals surface area (Å²) in [5, 5.41) is 7.35. The molecule has 0 radical (unpaired) electrons. The Bertz CT molecular complexity index is 611. The van der Waals surface area contributed by atoms with Gasteiger partial charge in [0.1, 0.15) is 23.5 Å². The maximum absolute atomic E-state index is 13.1. The van der Waals surface area contributed by atoms with E-state index >= 15 is 0 Å². The Kier molecular flexibility index (Phi) is 4.53. The summed E-state index contributed by atoms with van der Waals surface area (Å²) in [6.45, 7) is 1.42. The van der Waals surface area contributed by atoms with E-state index in [1.807, 2.05) is 6.07 Å². The fourth-order valence-corrected chi connectivity index (χ4v) is 2.54. The minimum atomic E-state index is -0.420. The van der Waals surface area contributed by atoms with Crippen molar-refractivity contribution >= 4 is 11.6 Å². The molecule has 2 heterocycles. The van der Waals surface area contributed by atoms with Crippen LogP contribution in [0.3, 0.4) is 0 Å². The van der Waals surface area contributed by atoms with E-state index in [0.717, 1.165) is 30.6 Å². The summed E-state index contributed by atoms with van der Waals surface area (Å²) in [6.07, 6.45) is 2.80. The van der Waals surface area contributed by atoms with Crippen molar-refractivity contribution < 1.29 is 13.7 Å². The number of aromatic nitrogens is 1. The van der Waals surface area contributed by atoms with Crippen LogP contribution in [0.1, 0.15) is 29.9 Å². The number of nitrogens with one attached hydrogen (secondary N) is 1. The minimum Gasteiger partial charge on any atom is -0.361 e. The van der Waals surface area contributed by atoms with Crippen LogP contribution in [0.4, 0.5) is 4.39 Å². The van der Waals surface area contributed by atoms with Gasteiger partial charge in [0.2, 0.25) is 0 Å². The molecule has 1 unspecified atom stereocenters. The van der Waals surface area contributed by atoms with Crippen LogP contribution in [0.2, 0.25) is 5.02 Å². The van der Waals surface area contributed by atoms with Crippen LogP contribution in [0, 0.1) is 5.82 Å². The fourth-order valence-electron chi connectivity index (χ4n) is 2.34. The molecule has 1 saturated heterocycles. The van der Waals surface area contributed by atoms with Crippen LogP contribution in [-0.2, 0) is 17.8 Å². The van der Waals surface area contributed by atoms with Crippen molar-refractivity contribution in [1.82, 2.24) is 10.5 Å². The molecule has 1 fully saturated rings. The molecule has 1 aromatic carbocycles. The first-order valence-corrected chi connectivity index (χ1v) is 7.32. The first-order chi connectivity index (χ1) is 10.2. The Morgan fingerprint density at radius 2 is 2.33 bits per heavy atom. The second-order valence-corrected chi connectivity index (χ2v) is 5.51. The van der Waals surface area contributed by atoms with Gasteiger partial charge < -0.3 is 9.26 Å². The predicted octanol–water partition coefficient (Wildman–Crippen LogP) is 3.28. The third-order valence-corrected chi connectivity index (χ3v) is 3.71. The SMILES string of the molecule is Fc1ccc(Cc2cc(COC3CCCN3)no2)cc1Cl. The number of benzene rings is 1. The van der Waals surface area contributed by atoms with E-state index in [9.17, 15) is 4.39 Å². The molecule has 3 rings (SSSR count). The smallest absolute Gasteiger partial charge is 0.141 e. The van der Waals surface area contributed by atoms with Crippen molar-refractivity contribution in [1.29, 1.82) is 0 Å². The first kappa shape index (κ1) is 14.5. The minimum absolute atomic E-state index is 0.112. The van der Waals surface area contributed by atoms with E-state index in [1.165, 1.54) is 6.07 Å². The number of halogens is 2. The highest BCUT2D eigenvalue weighted by molar-refractivity contribution is 6.30. The van der Waals surface area contributed by atoms with Gasteiger partial charge in [-0.3, -0.25) is 5.32 Å². The van der Waals surface area contributed by atoms with E-state index in [1.54, 1.807) is 12.1 Å². The van der Waals surface area contributed by atoms with Crippen molar-refractivity contribution in [3.05, 3.63) is 52.1 Å². The van der Waals surface area contributed by atoms with Crippen molar-refractivity contribution in [2.45, 2.75) is 32.1 Å². The zero-order chi connectivity index (χ0) is 14.7. The maximum Gasteiger partial charge on any atom is 0.141 e. The average Bonchev–Trinajstić information content (AvgIpc) is 3.12. The topological polar surface area (TPSA) is 47.3 Å². The lowest BCUT2D eigenvalue weighted by atomic mass is 10.1. The molecule has 21 heavy (non-hydrogen) atoms. The summed E-state index contributed by atoms with van der Waals surface area (Å²) in [6, 6.07) is 6.48. The zero-order valence-electron chi connectivity index (χ0n) is 11.4. The summed E-state index contributed by atoms with van der Waals surface area (Å²) >= 11 is 5.76. The third kappa shape index (κ3) is 3.81. The Hall–Kier alpha value is -1.43. The van der Waals surface area contributed by atoms with Gasteiger partial charge >= 0.3 is 0 Å². The van der Waals surface area contributed by atoms with Crippen LogP contribution < -0.4 is 5.32 Å². The quantitative estimate of drug-likeness (QED) is 0.920. The molecule has 112 valence electrons.